The molecule has 1 aromatic carbocycles. The van der Waals surface area contributed by atoms with E-state index < -0.39 is 0 Å². The molecule has 28 heavy (non-hydrogen) atoms. The summed E-state index contributed by atoms with van der Waals surface area (Å²) in [5.74, 6) is 1.98. The molecule has 6 nitrogen and oxygen atoms in total. The molecule has 3 N–H and O–H groups in total. The highest BCUT2D eigenvalue weighted by Gasteiger charge is 2.18. The molecule has 0 aliphatic heterocycles. The van der Waals surface area contributed by atoms with Crippen molar-refractivity contribution >= 4 is 29.9 Å². The predicted octanol–water partition coefficient (Wildman–Crippen LogP) is 3.68. The Kier molecular flexibility index (Phi) is 9.33. The quantitative estimate of drug-likeness (QED) is 0.331. The highest BCUT2D eigenvalue weighted by atomic mass is 127. The SMILES string of the molecule is COc1ccc(CN=C(N)NCCc2ccccn2)cc1OC1CCCC1.I. The van der Waals surface area contributed by atoms with Crippen molar-refractivity contribution in [3.05, 3.63) is 53.9 Å². The number of methoxy groups -OCH3 is 1. The van der Waals surface area contributed by atoms with Gasteiger partial charge < -0.3 is 20.5 Å². The zero-order valence-corrected chi connectivity index (χ0v) is 18.6. The number of benzene rings is 1. The van der Waals surface area contributed by atoms with Crippen molar-refractivity contribution in [2.24, 2.45) is 10.7 Å². The number of ether oxygens (including phenoxy) is 2. The van der Waals surface area contributed by atoms with E-state index in [1.165, 1.54) is 12.8 Å². The molecule has 1 aliphatic rings. The number of aliphatic imine (C=N–C) groups is 1. The minimum atomic E-state index is 0. The first-order chi connectivity index (χ1) is 13.2. The summed E-state index contributed by atoms with van der Waals surface area (Å²) in [6, 6.07) is 11.8. The van der Waals surface area contributed by atoms with Crippen molar-refractivity contribution < 1.29 is 9.47 Å². The minimum absolute atomic E-state index is 0. The maximum absolute atomic E-state index is 6.13. The second-order valence-electron chi connectivity index (χ2n) is 6.71. The second-order valence-corrected chi connectivity index (χ2v) is 6.71. The maximum Gasteiger partial charge on any atom is 0.188 e. The standard InChI is InChI=1S/C21H28N4O2.HI/c1-26-19-10-9-16(14-20(19)27-18-7-2-3-8-18)15-25-21(22)24-13-11-17-6-4-5-12-23-17;/h4-6,9-10,12,14,18H,2-3,7-8,11,13,15H2,1H3,(H3,22,24,25);1H. The van der Waals surface area contributed by atoms with Crippen LogP contribution < -0.4 is 20.5 Å². The normalized spacial score (nSPS) is 14.4. The Bertz CT molecular complexity index is 749. The second kappa shape index (κ2) is 11.7. The lowest BCUT2D eigenvalue weighted by molar-refractivity contribution is 0.200. The lowest BCUT2D eigenvalue weighted by Gasteiger charge is -2.16. The lowest BCUT2D eigenvalue weighted by atomic mass is 10.2. The van der Waals surface area contributed by atoms with Crippen molar-refractivity contribution in [1.29, 1.82) is 0 Å². The van der Waals surface area contributed by atoms with Crippen LogP contribution in [0.15, 0.2) is 47.6 Å². The highest BCUT2D eigenvalue weighted by molar-refractivity contribution is 14.0. The molecule has 1 heterocycles. The van der Waals surface area contributed by atoms with Crippen molar-refractivity contribution in [3.63, 3.8) is 0 Å². The van der Waals surface area contributed by atoms with Gasteiger partial charge in [-0.3, -0.25) is 4.98 Å². The van der Waals surface area contributed by atoms with Crippen LogP contribution in [0.1, 0.15) is 36.9 Å². The Labute approximate surface area is 184 Å². The molecule has 1 aliphatic carbocycles. The van der Waals surface area contributed by atoms with Crippen LogP contribution in [-0.2, 0) is 13.0 Å². The Morgan fingerprint density at radius 3 is 2.75 bits per heavy atom. The summed E-state index contributed by atoms with van der Waals surface area (Å²) in [4.78, 5) is 8.71. The van der Waals surface area contributed by atoms with Gasteiger partial charge in [0.25, 0.3) is 0 Å². The summed E-state index contributed by atoms with van der Waals surface area (Å²) in [5.41, 5.74) is 8.04. The van der Waals surface area contributed by atoms with Gasteiger partial charge in [-0.25, -0.2) is 4.99 Å². The first-order valence-corrected chi connectivity index (χ1v) is 9.52. The van der Waals surface area contributed by atoms with Crippen LogP contribution in [0.25, 0.3) is 0 Å². The Morgan fingerprint density at radius 1 is 1.21 bits per heavy atom. The number of hydrogen-bond donors (Lipinski definition) is 2. The third kappa shape index (κ3) is 6.85. The number of hydrogen-bond acceptors (Lipinski definition) is 4. The number of guanidine groups is 1. The molecule has 1 aromatic heterocycles. The monoisotopic (exact) mass is 496 g/mol. The smallest absolute Gasteiger partial charge is 0.188 e. The summed E-state index contributed by atoms with van der Waals surface area (Å²) in [6.45, 7) is 1.19. The molecule has 0 saturated heterocycles. The van der Waals surface area contributed by atoms with Gasteiger partial charge in [-0.15, -0.1) is 24.0 Å². The minimum Gasteiger partial charge on any atom is -0.493 e. The van der Waals surface area contributed by atoms with Gasteiger partial charge in [0.15, 0.2) is 17.5 Å². The number of nitrogens with zero attached hydrogens (tertiary/aromatic N) is 2. The van der Waals surface area contributed by atoms with Crippen molar-refractivity contribution in [2.75, 3.05) is 13.7 Å². The van der Waals surface area contributed by atoms with E-state index in [4.69, 9.17) is 15.2 Å². The molecular formula is C21H29IN4O2. The third-order valence-corrected chi connectivity index (χ3v) is 4.67. The predicted molar refractivity (Wildman–Crippen MR) is 123 cm³/mol. The molecule has 0 spiro atoms. The Hall–Kier alpha value is -2.03. The molecule has 0 atom stereocenters. The van der Waals surface area contributed by atoms with E-state index in [0.29, 0.717) is 19.0 Å². The first kappa shape index (κ1) is 22.3. The zero-order valence-electron chi connectivity index (χ0n) is 16.3. The molecular weight excluding hydrogens is 467 g/mol. The molecule has 0 radical (unpaired) electrons. The van der Waals surface area contributed by atoms with Gasteiger partial charge in [-0.05, 0) is 55.5 Å². The van der Waals surface area contributed by atoms with Crippen LogP contribution in [-0.4, -0.2) is 30.7 Å². The van der Waals surface area contributed by atoms with Crippen LogP contribution in [0.2, 0.25) is 0 Å². The van der Waals surface area contributed by atoms with Crippen molar-refractivity contribution in [2.45, 2.75) is 44.8 Å². The van der Waals surface area contributed by atoms with Gasteiger partial charge in [0.05, 0.1) is 19.8 Å². The fraction of sp³-hybridized carbons (Fsp3) is 0.429. The topological polar surface area (TPSA) is 81.8 Å². The zero-order chi connectivity index (χ0) is 18.9. The van der Waals surface area contributed by atoms with E-state index in [-0.39, 0.29) is 30.1 Å². The number of nitrogens with two attached hydrogens (primary N) is 1. The number of nitrogens with one attached hydrogen (secondary N) is 1. The van der Waals surface area contributed by atoms with E-state index in [0.717, 1.165) is 42.0 Å². The molecule has 0 bridgehead atoms. The fourth-order valence-corrected chi connectivity index (χ4v) is 3.19. The molecule has 0 amide bonds. The van der Waals surface area contributed by atoms with Crippen molar-refractivity contribution in [3.8, 4) is 11.5 Å². The van der Waals surface area contributed by atoms with Gasteiger partial charge in [0.1, 0.15) is 0 Å². The van der Waals surface area contributed by atoms with E-state index in [2.05, 4.69) is 15.3 Å². The van der Waals surface area contributed by atoms with Gasteiger partial charge >= 0.3 is 0 Å². The Morgan fingerprint density at radius 2 is 2.04 bits per heavy atom. The van der Waals surface area contributed by atoms with E-state index >= 15 is 0 Å². The summed E-state index contributed by atoms with van der Waals surface area (Å²) in [5, 5.41) is 3.13. The summed E-state index contributed by atoms with van der Waals surface area (Å²) in [7, 11) is 1.66. The van der Waals surface area contributed by atoms with Crippen LogP contribution in [0.3, 0.4) is 0 Å². The summed E-state index contributed by atoms with van der Waals surface area (Å²) >= 11 is 0. The number of aromatic nitrogens is 1. The molecule has 2 aromatic rings. The maximum atomic E-state index is 6.13. The van der Waals surface area contributed by atoms with Crippen molar-refractivity contribution in [1.82, 2.24) is 10.3 Å². The largest absolute Gasteiger partial charge is 0.493 e. The highest BCUT2D eigenvalue weighted by Crippen LogP contribution is 2.32. The fourth-order valence-electron chi connectivity index (χ4n) is 3.19. The molecule has 152 valence electrons. The molecule has 0 unspecified atom stereocenters. The number of pyridine rings is 1. The van der Waals surface area contributed by atoms with Crippen LogP contribution in [0, 0.1) is 0 Å². The third-order valence-electron chi connectivity index (χ3n) is 4.67. The average molecular weight is 496 g/mol. The van der Waals surface area contributed by atoms with Gasteiger partial charge in [0.2, 0.25) is 0 Å². The molecule has 1 fully saturated rings. The van der Waals surface area contributed by atoms with Gasteiger partial charge in [-0.2, -0.15) is 0 Å². The Balaban J connectivity index is 0.00000280. The number of rotatable bonds is 8. The molecule has 1 saturated carbocycles. The number of halogens is 1. The van der Waals surface area contributed by atoms with Crippen LogP contribution >= 0.6 is 24.0 Å². The van der Waals surface area contributed by atoms with E-state index in [1.807, 2.05) is 36.4 Å². The van der Waals surface area contributed by atoms with Gasteiger partial charge in [-0.1, -0.05) is 12.1 Å². The summed E-state index contributed by atoms with van der Waals surface area (Å²) in [6.07, 6.45) is 7.57. The lowest BCUT2D eigenvalue weighted by Crippen LogP contribution is -2.33. The average Bonchev–Trinajstić information content (AvgIpc) is 3.20. The molecule has 3 rings (SSSR count). The van der Waals surface area contributed by atoms with E-state index in [9.17, 15) is 0 Å². The van der Waals surface area contributed by atoms with Gasteiger partial charge in [0, 0.05) is 24.9 Å². The summed E-state index contributed by atoms with van der Waals surface area (Å²) < 4.78 is 11.6. The van der Waals surface area contributed by atoms with Crippen LogP contribution in [0.4, 0.5) is 0 Å². The van der Waals surface area contributed by atoms with E-state index in [1.54, 1.807) is 13.3 Å². The molecule has 7 heteroatoms. The van der Waals surface area contributed by atoms with Crippen LogP contribution in [0.5, 0.6) is 11.5 Å². The first-order valence-electron chi connectivity index (χ1n) is 9.52.